The Balaban J connectivity index is 0.000000250. The number of rotatable bonds is 0. The second-order valence-corrected chi connectivity index (χ2v) is 0.962. The first-order valence-corrected chi connectivity index (χ1v) is 1.67. The average molecular weight is 266 g/mol. The molecule has 0 spiro atoms. The molecule has 1 aromatic rings. The molecular weight excluding hydrogens is 261 g/mol. The summed E-state index contributed by atoms with van der Waals surface area (Å²) in [6, 6.07) is 10.0. The van der Waals surface area contributed by atoms with Gasteiger partial charge < -0.3 is 0 Å². The second kappa shape index (κ2) is 3.47. The summed E-state index contributed by atoms with van der Waals surface area (Å²) >= 11 is 0. The largest absolute Gasteiger partial charge is 0.214 e. The van der Waals surface area contributed by atoms with Crippen molar-refractivity contribution in [3.8, 4) is 0 Å². The van der Waals surface area contributed by atoms with Crippen molar-refractivity contribution >= 4 is 0 Å². The van der Waals surface area contributed by atoms with Gasteiger partial charge in [-0.05, 0) is 0 Å². The smallest absolute Gasteiger partial charge is 0 e. The average Bonchev–Trinajstić information content (AvgIpc) is 1.76. The van der Waals surface area contributed by atoms with Crippen LogP contribution in [0.4, 0.5) is 0 Å². The van der Waals surface area contributed by atoms with Crippen molar-refractivity contribution in [2.45, 2.75) is 0 Å². The maximum Gasteiger partial charge on any atom is 0 e. The first-order valence-electron chi connectivity index (χ1n) is 1.67. The summed E-state index contributed by atoms with van der Waals surface area (Å²) in [5.41, 5.74) is 0. The van der Waals surface area contributed by atoms with Crippen LogP contribution in [-0.4, -0.2) is 0 Å². The predicted molar refractivity (Wildman–Crippen MR) is 22.0 cm³/mol. The molecule has 0 aromatic heterocycles. The maximum absolute atomic E-state index is 2.00. The van der Waals surface area contributed by atoms with Gasteiger partial charge in [0, 0.05) is 27.7 Å². The van der Waals surface area contributed by atoms with Crippen LogP contribution in [0.15, 0.2) is 30.3 Å². The number of hydrogen-bond donors (Lipinski definition) is 0. The second-order valence-electron chi connectivity index (χ2n) is 0.962. The summed E-state index contributed by atoms with van der Waals surface area (Å²) in [6.45, 7) is 0. The Morgan fingerprint density at radius 2 is 1.50 bits per heavy atom. The molecule has 0 fully saturated rings. The zero-order valence-electron chi connectivity index (χ0n) is 3.59. The Kier molecular flexibility index (Phi) is 3.64. The minimum absolute atomic E-state index is 0. The van der Waals surface area contributed by atoms with E-state index in [2.05, 4.69) is 0 Å². The molecule has 0 nitrogen and oxygen atoms in total. The molecule has 0 aliphatic heterocycles. The SMILES string of the molecule is [Hg].c1cc[cH-]c1. The molecule has 0 bridgehead atoms. The standard InChI is InChI=1S/C5H5.Hg/c1-2-4-5-3-1;/h1-5H;/q-1;. The van der Waals surface area contributed by atoms with Crippen LogP contribution in [0, 0.1) is 0 Å². The Morgan fingerprint density at radius 1 is 1.00 bits per heavy atom. The molecule has 0 aliphatic carbocycles. The Morgan fingerprint density at radius 3 is 1.67 bits per heavy atom. The molecule has 1 rings (SSSR count). The van der Waals surface area contributed by atoms with Gasteiger partial charge in [0.1, 0.15) is 0 Å². The van der Waals surface area contributed by atoms with E-state index in [1.165, 1.54) is 0 Å². The summed E-state index contributed by atoms with van der Waals surface area (Å²) in [5, 5.41) is 0. The van der Waals surface area contributed by atoms with Gasteiger partial charge in [-0.25, -0.2) is 12.1 Å². The van der Waals surface area contributed by atoms with Crippen molar-refractivity contribution in [2.24, 2.45) is 0 Å². The van der Waals surface area contributed by atoms with Crippen molar-refractivity contribution in [1.82, 2.24) is 0 Å². The van der Waals surface area contributed by atoms with Gasteiger partial charge in [0.15, 0.2) is 0 Å². The van der Waals surface area contributed by atoms with E-state index < -0.39 is 0 Å². The van der Waals surface area contributed by atoms with E-state index in [1.807, 2.05) is 30.3 Å². The topological polar surface area (TPSA) is 0 Å². The summed E-state index contributed by atoms with van der Waals surface area (Å²) in [6.07, 6.45) is 0. The van der Waals surface area contributed by atoms with Crippen LogP contribution in [0.25, 0.3) is 0 Å². The van der Waals surface area contributed by atoms with E-state index in [1.54, 1.807) is 0 Å². The van der Waals surface area contributed by atoms with E-state index in [9.17, 15) is 0 Å². The van der Waals surface area contributed by atoms with Crippen LogP contribution < -0.4 is 0 Å². The molecule has 0 aliphatic rings. The zero-order valence-corrected chi connectivity index (χ0v) is 9.09. The molecule has 0 N–H and O–H groups in total. The van der Waals surface area contributed by atoms with Crippen molar-refractivity contribution in [1.29, 1.82) is 0 Å². The van der Waals surface area contributed by atoms with Gasteiger partial charge in [-0.15, -0.1) is 0 Å². The fraction of sp³-hybridized carbons (Fsp3) is 0. The van der Waals surface area contributed by atoms with Gasteiger partial charge in [-0.1, -0.05) is 0 Å². The van der Waals surface area contributed by atoms with E-state index in [0.29, 0.717) is 0 Å². The van der Waals surface area contributed by atoms with Gasteiger partial charge in [0.05, 0.1) is 0 Å². The van der Waals surface area contributed by atoms with Crippen LogP contribution in [-0.2, 0) is 27.7 Å². The van der Waals surface area contributed by atoms with Gasteiger partial charge in [0.25, 0.3) is 0 Å². The van der Waals surface area contributed by atoms with Crippen molar-refractivity contribution in [2.75, 3.05) is 0 Å². The van der Waals surface area contributed by atoms with Crippen LogP contribution in [0.2, 0.25) is 0 Å². The van der Waals surface area contributed by atoms with Crippen LogP contribution >= 0.6 is 0 Å². The van der Waals surface area contributed by atoms with Crippen molar-refractivity contribution < 1.29 is 27.7 Å². The van der Waals surface area contributed by atoms with E-state index in [-0.39, 0.29) is 27.7 Å². The zero-order chi connectivity index (χ0) is 3.54. The van der Waals surface area contributed by atoms with E-state index >= 15 is 0 Å². The quantitative estimate of drug-likeness (QED) is 0.491. The minimum atomic E-state index is 0. The summed E-state index contributed by atoms with van der Waals surface area (Å²) in [7, 11) is 0. The summed E-state index contributed by atoms with van der Waals surface area (Å²) in [4.78, 5) is 0. The fourth-order valence-corrected chi connectivity index (χ4v) is 0.321. The van der Waals surface area contributed by atoms with Crippen molar-refractivity contribution in [3.63, 3.8) is 0 Å². The molecule has 0 heterocycles. The van der Waals surface area contributed by atoms with Crippen molar-refractivity contribution in [3.05, 3.63) is 30.3 Å². The van der Waals surface area contributed by atoms with Gasteiger partial charge >= 0.3 is 0 Å². The Labute approximate surface area is 58.1 Å². The molecule has 28 valence electrons. The van der Waals surface area contributed by atoms with E-state index in [4.69, 9.17) is 0 Å². The molecule has 1 heteroatoms. The van der Waals surface area contributed by atoms with Gasteiger partial charge in [0.2, 0.25) is 0 Å². The predicted octanol–water partition coefficient (Wildman–Crippen LogP) is 1.40. The minimum Gasteiger partial charge on any atom is -0.214 e. The van der Waals surface area contributed by atoms with E-state index in [0.717, 1.165) is 0 Å². The third-order valence-electron chi connectivity index (χ3n) is 0.556. The molecule has 1 aromatic carbocycles. The molecule has 0 radical (unpaired) electrons. The summed E-state index contributed by atoms with van der Waals surface area (Å²) < 4.78 is 0. The first-order chi connectivity index (χ1) is 2.50. The molecule has 0 unspecified atom stereocenters. The maximum atomic E-state index is 2.00. The molecule has 0 atom stereocenters. The van der Waals surface area contributed by atoms with Gasteiger partial charge in [-0.3, -0.25) is 0 Å². The first kappa shape index (κ1) is 6.29. The number of hydrogen-bond acceptors (Lipinski definition) is 0. The van der Waals surface area contributed by atoms with Crippen LogP contribution in [0.1, 0.15) is 0 Å². The third kappa shape index (κ3) is 1.66. The monoisotopic (exact) mass is 267 g/mol. The van der Waals surface area contributed by atoms with Crippen LogP contribution in [0.5, 0.6) is 0 Å². The van der Waals surface area contributed by atoms with Crippen LogP contribution in [0.3, 0.4) is 0 Å². The third-order valence-corrected chi connectivity index (χ3v) is 0.556. The van der Waals surface area contributed by atoms with Gasteiger partial charge in [-0.2, -0.15) is 18.2 Å². The normalized spacial score (nSPS) is 6.67. The molecule has 0 saturated heterocycles. The fourth-order valence-electron chi connectivity index (χ4n) is 0.321. The Bertz CT molecular complexity index is 60.4. The molecule has 0 amide bonds. The molecule has 0 saturated carbocycles. The molecule has 6 heavy (non-hydrogen) atoms. The Hall–Kier alpha value is 0.285. The summed E-state index contributed by atoms with van der Waals surface area (Å²) in [5.74, 6) is 0. The molecular formula is C5H5Hg-.